The number of halogens is 2. The van der Waals surface area contributed by atoms with Crippen molar-refractivity contribution < 1.29 is 18.0 Å². The first-order chi connectivity index (χ1) is 16.9. The normalized spacial score (nSPS) is 15.8. The van der Waals surface area contributed by atoms with E-state index in [1.54, 1.807) is 36.5 Å². The fourth-order valence-electron chi connectivity index (χ4n) is 4.55. The number of amides is 1. The first kappa shape index (κ1) is 21.1. The van der Waals surface area contributed by atoms with Gasteiger partial charge in [-0.3, -0.25) is 9.48 Å². The molecule has 1 atom stereocenters. The van der Waals surface area contributed by atoms with Crippen LogP contribution in [0.15, 0.2) is 41.3 Å². The minimum atomic E-state index is -2.67. The topological polar surface area (TPSA) is 123 Å². The van der Waals surface area contributed by atoms with Gasteiger partial charge in [0.2, 0.25) is 0 Å². The largest absolute Gasteiger partial charge is 0.411 e. The molecule has 1 amide bonds. The molecule has 11 nitrogen and oxygen atoms in total. The zero-order valence-corrected chi connectivity index (χ0v) is 18.7. The number of pyridine rings is 1. The van der Waals surface area contributed by atoms with Crippen LogP contribution in [0.3, 0.4) is 0 Å². The highest BCUT2D eigenvalue weighted by Crippen LogP contribution is 2.35. The van der Waals surface area contributed by atoms with Crippen LogP contribution in [0.25, 0.3) is 17.1 Å². The van der Waals surface area contributed by atoms with Crippen LogP contribution in [0.5, 0.6) is 0 Å². The minimum Gasteiger partial charge on any atom is -0.411 e. The summed E-state index contributed by atoms with van der Waals surface area (Å²) in [5, 5.41) is 16.7. The van der Waals surface area contributed by atoms with Gasteiger partial charge in [0, 0.05) is 37.5 Å². The summed E-state index contributed by atoms with van der Waals surface area (Å²) in [5.41, 5.74) is 3.40. The lowest BCUT2D eigenvalue weighted by molar-refractivity contribution is 0.0646. The number of alkyl halides is 2. The number of imidazole rings is 1. The van der Waals surface area contributed by atoms with Crippen molar-refractivity contribution in [2.75, 3.05) is 6.54 Å². The summed E-state index contributed by atoms with van der Waals surface area (Å²) in [6, 6.07) is 3.70. The molecule has 1 aliphatic heterocycles. The molecular formula is C22H19F2N9O2. The van der Waals surface area contributed by atoms with E-state index in [0.717, 1.165) is 11.3 Å². The Hall–Kier alpha value is -4.42. The summed E-state index contributed by atoms with van der Waals surface area (Å²) < 4.78 is 35.9. The Kier molecular flexibility index (Phi) is 4.72. The molecule has 5 aromatic heterocycles. The van der Waals surface area contributed by atoms with Gasteiger partial charge in [0.25, 0.3) is 12.3 Å². The average molecular weight is 479 g/mol. The molecule has 1 N–H and O–H groups in total. The Balaban J connectivity index is 1.42. The average Bonchev–Trinajstić information content (AvgIpc) is 3.63. The number of aryl methyl sites for hydroxylation is 2. The lowest BCUT2D eigenvalue weighted by Gasteiger charge is -2.32. The number of H-pyrrole nitrogens is 1. The third-order valence-corrected chi connectivity index (χ3v) is 6.19. The Morgan fingerprint density at radius 1 is 1.31 bits per heavy atom. The van der Waals surface area contributed by atoms with Gasteiger partial charge < -0.3 is 14.3 Å². The van der Waals surface area contributed by atoms with Gasteiger partial charge in [-0.1, -0.05) is 0 Å². The molecule has 0 aromatic carbocycles. The van der Waals surface area contributed by atoms with E-state index in [1.807, 2.05) is 6.92 Å². The molecule has 13 heteroatoms. The number of nitrogens with one attached hydrogen (secondary N) is 1. The molecule has 0 radical (unpaired) electrons. The van der Waals surface area contributed by atoms with E-state index in [4.69, 9.17) is 4.42 Å². The number of hydrogen-bond acceptors (Lipinski definition) is 7. The van der Waals surface area contributed by atoms with Gasteiger partial charge in [-0.2, -0.15) is 10.2 Å². The summed E-state index contributed by atoms with van der Waals surface area (Å²) in [4.78, 5) is 22.6. The van der Waals surface area contributed by atoms with Crippen LogP contribution in [0.4, 0.5) is 8.78 Å². The molecule has 0 aliphatic carbocycles. The molecular weight excluding hydrogens is 460 g/mol. The predicted octanol–water partition coefficient (Wildman–Crippen LogP) is 2.87. The van der Waals surface area contributed by atoms with Crippen molar-refractivity contribution >= 4 is 11.4 Å². The summed E-state index contributed by atoms with van der Waals surface area (Å²) in [7, 11) is 1.74. The van der Waals surface area contributed by atoms with E-state index in [1.165, 1.54) is 21.5 Å². The van der Waals surface area contributed by atoms with E-state index in [9.17, 15) is 13.6 Å². The van der Waals surface area contributed by atoms with E-state index in [2.05, 4.69) is 30.4 Å². The number of fused-ring (bicyclic) bond motifs is 2. The van der Waals surface area contributed by atoms with Gasteiger partial charge in [0.05, 0.1) is 29.4 Å². The molecule has 5 aromatic rings. The third kappa shape index (κ3) is 3.30. The minimum absolute atomic E-state index is 0.143. The molecule has 178 valence electrons. The molecule has 0 spiro atoms. The monoisotopic (exact) mass is 479 g/mol. The maximum atomic E-state index is 13.6. The Morgan fingerprint density at radius 2 is 2.17 bits per heavy atom. The van der Waals surface area contributed by atoms with Crippen LogP contribution < -0.4 is 0 Å². The van der Waals surface area contributed by atoms with Gasteiger partial charge in [-0.25, -0.2) is 18.3 Å². The first-order valence-electron chi connectivity index (χ1n) is 10.8. The summed E-state index contributed by atoms with van der Waals surface area (Å²) in [5.74, 6) is -0.524. The van der Waals surface area contributed by atoms with Crippen molar-refractivity contribution in [2.45, 2.75) is 25.8 Å². The van der Waals surface area contributed by atoms with Crippen LogP contribution >= 0.6 is 0 Å². The van der Waals surface area contributed by atoms with Gasteiger partial charge in [-0.15, -0.1) is 10.2 Å². The molecule has 0 fully saturated rings. The first-order valence-corrected chi connectivity index (χ1v) is 10.8. The van der Waals surface area contributed by atoms with Crippen molar-refractivity contribution in [3.63, 3.8) is 0 Å². The Morgan fingerprint density at radius 3 is 2.94 bits per heavy atom. The molecule has 6 rings (SSSR count). The second kappa shape index (κ2) is 7.82. The fraction of sp³-hybridized carbons (Fsp3) is 0.273. The number of aromatic amines is 1. The number of nitrogens with zero attached hydrogens (tertiary/aromatic N) is 8. The summed E-state index contributed by atoms with van der Waals surface area (Å²) in [6.07, 6.45) is 2.65. The van der Waals surface area contributed by atoms with E-state index in [-0.39, 0.29) is 22.9 Å². The SMILES string of the molecule is Cc1cnn(C)c1-c1nnc(C(=O)N2CCc3[nH]cnc3C2c2cc3c(C(F)F)cccn3n2)o1. The van der Waals surface area contributed by atoms with Gasteiger partial charge >= 0.3 is 11.8 Å². The Labute approximate surface area is 196 Å². The number of carbonyl (C=O) groups excluding carboxylic acids is 1. The highest BCUT2D eigenvalue weighted by molar-refractivity contribution is 5.90. The zero-order valence-electron chi connectivity index (χ0n) is 18.7. The van der Waals surface area contributed by atoms with Crippen molar-refractivity contribution in [1.29, 1.82) is 0 Å². The maximum absolute atomic E-state index is 13.6. The molecule has 0 bridgehead atoms. The van der Waals surface area contributed by atoms with Crippen LogP contribution in [-0.4, -0.2) is 56.9 Å². The van der Waals surface area contributed by atoms with E-state index in [0.29, 0.717) is 30.0 Å². The van der Waals surface area contributed by atoms with Crippen LogP contribution in [0.2, 0.25) is 0 Å². The number of rotatable bonds is 4. The summed E-state index contributed by atoms with van der Waals surface area (Å²) in [6.45, 7) is 2.17. The standard InChI is InChI=1S/C22H19F2N9O2/c1-11-9-27-31(2)17(11)20-28-29-21(35-20)22(34)32-7-5-13-16(26-10-25-13)18(32)14-8-15-12(19(23)24)4-3-6-33(15)30-14/h3-4,6,8-10,18-19H,5,7H2,1-2H3,(H,25,26). The summed E-state index contributed by atoms with van der Waals surface area (Å²) >= 11 is 0. The molecule has 0 saturated heterocycles. The second-order valence-electron chi connectivity index (χ2n) is 8.29. The Bertz CT molecular complexity index is 1540. The van der Waals surface area contributed by atoms with Crippen molar-refractivity contribution in [3.8, 4) is 11.6 Å². The highest BCUT2D eigenvalue weighted by Gasteiger charge is 2.38. The predicted molar refractivity (Wildman–Crippen MR) is 117 cm³/mol. The second-order valence-corrected chi connectivity index (χ2v) is 8.29. The van der Waals surface area contributed by atoms with E-state index >= 15 is 0 Å². The van der Waals surface area contributed by atoms with Crippen LogP contribution in [0.1, 0.15) is 51.4 Å². The maximum Gasteiger partial charge on any atom is 0.312 e. The number of hydrogen-bond donors (Lipinski definition) is 1. The van der Waals surface area contributed by atoms with Crippen molar-refractivity contribution in [2.24, 2.45) is 7.05 Å². The lowest BCUT2D eigenvalue weighted by Crippen LogP contribution is -2.41. The van der Waals surface area contributed by atoms with Crippen molar-refractivity contribution in [3.05, 3.63) is 71.0 Å². The third-order valence-electron chi connectivity index (χ3n) is 6.19. The van der Waals surface area contributed by atoms with E-state index < -0.39 is 18.4 Å². The molecule has 1 aliphatic rings. The molecule has 6 heterocycles. The van der Waals surface area contributed by atoms with Gasteiger partial charge in [0.1, 0.15) is 11.7 Å². The smallest absolute Gasteiger partial charge is 0.312 e. The molecule has 35 heavy (non-hydrogen) atoms. The number of aromatic nitrogens is 8. The zero-order chi connectivity index (χ0) is 24.3. The van der Waals surface area contributed by atoms with Crippen LogP contribution in [0, 0.1) is 6.92 Å². The molecule has 1 unspecified atom stereocenters. The van der Waals surface area contributed by atoms with Gasteiger partial charge in [-0.05, 0) is 30.7 Å². The van der Waals surface area contributed by atoms with Crippen molar-refractivity contribution in [1.82, 2.24) is 44.5 Å². The van der Waals surface area contributed by atoms with Crippen LogP contribution in [-0.2, 0) is 13.5 Å². The lowest BCUT2D eigenvalue weighted by atomic mass is 9.99. The quantitative estimate of drug-likeness (QED) is 0.420. The number of carbonyl (C=O) groups is 1. The highest BCUT2D eigenvalue weighted by atomic mass is 19.3. The van der Waals surface area contributed by atoms with Gasteiger partial charge in [0.15, 0.2) is 0 Å². The molecule has 0 saturated carbocycles. The fourth-order valence-corrected chi connectivity index (χ4v) is 4.55.